The Hall–Kier alpha value is -1.82. The first-order chi connectivity index (χ1) is 11.4. The topological polar surface area (TPSA) is 29.9 Å². The van der Waals surface area contributed by atoms with Gasteiger partial charge in [-0.05, 0) is 36.7 Å². The van der Waals surface area contributed by atoms with Crippen LogP contribution in [0.15, 0.2) is 30.3 Å². The Bertz CT molecular complexity index is 641. The van der Waals surface area contributed by atoms with Gasteiger partial charge in [-0.25, -0.2) is 0 Å². The molecule has 0 unspecified atom stereocenters. The molecule has 0 atom stereocenters. The first kappa shape index (κ1) is 18.5. The Morgan fingerprint density at radius 1 is 1.12 bits per heavy atom. The predicted molar refractivity (Wildman–Crippen MR) is 89.5 cm³/mol. The van der Waals surface area contributed by atoms with Crippen LogP contribution in [0.3, 0.4) is 0 Å². The third kappa shape index (κ3) is 4.38. The van der Waals surface area contributed by atoms with Gasteiger partial charge in [0.1, 0.15) is 0 Å². The van der Waals surface area contributed by atoms with Gasteiger partial charge >= 0.3 is 6.18 Å². The zero-order valence-corrected chi connectivity index (χ0v) is 14.3. The normalized spacial score (nSPS) is 12.1. The van der Waals surface area contributed by atoms with Crippen molar-refractivity contribution in [3.8, 4) is 11.3 Å². The average molecular weight is 339 g/mol. The van der Waals surface area contributed by atoms with Crippen LogP contribution in [0.1, 0.15) is 37.9 Å². The van der Waals surface area contributed by atoms with E-state index in [1.54, 1.807) is 0 Å². The third-order valence-corrected chi connectivity index (χ3v) is 4.28. The van der Waals surface area contributed by atoms with E-state index in [1.807, 2.05) is 17.8 Å². The molecular weight excluding hydrogens is 315 g/mol. The van der Waals surface area contributed by atoms with Gasteiger partial charge in [0, 0.05) is 13.1 Å². The molecule has 1 heterocycles. The molecule has 2 aromatic rings. The monoisotopic (exact) mass is 339 g/mol. The summed E-state index contributed by atoms with van der Waals surface area (Å²) in [6.45, 7) is 5.69. The summed E-state index contributed by atoms with van der Waals surface area (Å²) in [7, 11) is 1.84. The van der Waals surface area contributed by atoms with E-state index in [-0.39, 0.29) is 0 Å². The molecule has 132 valence electrons. The molecule has 0 fully saturated rings. The van der Waals surface area contributed by atoms with Gasteiger partial charge in [-0.15, -0.1) is 0 Å². The van der Waals surface area contributed by atoms with Crippen LogP contribution in [0.5, 0.6) is 0 Å². The van der Waals surface area contributed by atoms with E-state index in [1.165, 1.54) is 12.1 Å². The van der Waals surface area contributed by atoms with Crippen LogP contribution >= 0.6 is 0 Å². The zero-order valence-electron chi connectivity index (χ0n) is 14.3. The molecule has 1 aromatic heterocycles. The van der Waals surface area contributed by atoms with E-state index >= 15 is 0 Å². The highest BCUT2D eigenvalue weighted by Gasteiger charge is 2.30. The van der Waals surface area contributed by atoms with Gasteiger partial charge in [-0.2, -0.15) is 18.3 Å². The summed E-state index contributed by atoms with van der Waals surface area (Å²) in [5.41, 5.74) is 1.87. The van der Waals surface area contributed by atoms with E-state index < -0.39 is 11.7 Å². The highest BCUT2D eigenvalue weighted by Crippen LogP contribution is 2.31. The lowest BCUT2D eigenvalue weighted by Crippen LogP contribution is -2.13. The van der Waals surface area contributed by atoms with E-state index in [4.69, 9.17) is 0 Å². The van der Waals surface area contributed by atoms with Crippen LogP contribution in [0.2, 0.25) is 0 Å². The maximum Gasteiger partial charge on any atom is 0.416 e. The number of alkyl halides is 3. The first-order valence-corrected chi connectivity index (χ1v) is 8.28. The van der Waals surface area contributed by atoms with Crippen LogP contribution in [0.25, 0.3) is 11.3 Å². The van der Waals surface area contributed by atoms with Gasteiger partial charge in [0.2, 0.25) is 0 Å². The predicted octanol–water partition coefficient (Wildman–Crippen LogP) is 4.72. The Balaban J connectivity index is 2.36. The first-order valence-electron chi connectivity index (χ1n) is 8.28. The van der Waals surface area contributed by atoms with Gasteiger partial charge in [0.15, 0.2) is 0 Å². The zero-order chi connectivity index (χ0) is 17.7. The second-order valence-corrected chi connectivity index (χ2v) is 5.99. The largest absolute Gasteiger partial charge is 0.416 e. The SMILES string of the molecule is CCC(CC)Cn1nc(CNC)cc1-c1ccc(C(F)(F)F)cc1. The molecular formula is C18H24F3N3. The molecule has 0 saturated heterocycles. The van der Waals surface area contributed by atoms with Crippen LogP contribution in [0, 0.1) is 5.92 Å². The third-order valence-electron chi connectivity index (χ3n) is 4.28. The molecule has 0 bridgehead atoms. The molecule has 0 radical (unpaired) electrons. The lowest BCUT2D eigenvalue weighted by molar-refractivity contribution is -0.137. The van der Waals surface area contributed by atoms with Gasteiger partial charge < -0.3 is 5.32 Å². The van der Waals surface area contributed by atoms with Crippen molar-refractivity contribution in [3.05, 3.63) is 41.6 Å². The fourth-order valence-electron chi connectivity index (χ4n) is 2.73. The van der Waals surface area contributed by atoms with E-state index in [2.05, 4.69) is 24.3 Å². The second-order valence-electron chi connectivity index (χ2n) is 5.99. The number of rotatable bonds is 7. The van der Waals surface area contributed by atoms with Crippen LogP contribution in [-0.4, -0.2) is 16.8 Å². The molecule has 0 spiro atoms. The maximum atomic E-state index is 12.7. The molecule has 24 heavy (non-hydrogen) atoms. The Morgan fingerprint density at radius 3 is 2.25 bits per heavy atom. The van der Waals surface area contributed by atoms with Crippen molar-refractivity contribution in [2.75, 3.05) is 7.05 Å². The standard InChI is InChI=1S/C18H24F3N3/c1-4-13(5-2)12-24-17(10-16(23-24)11-22-3)14-6-8-15(9-7-14)18(19,20)21/h6-10,13,22H,4-5,11-12H2,1-3H3. The van der Waals surface area contributed by atoms with Crippen molar-refractivity contribution < 1.29 is 13.2 Å². The van der Waals surface area contributed by atoms with Gasteiger partial charge in [-0.3, -0.25) is 4.68 Å². The van der Waals surface area contributed by atoms with Crippen LogP contribution < -0.4 is 5.32 Å². The van der Waals surface area contributed by atoms with Crippen molar-refractivity contribution in [2.45, 2.75) is 46.0 Å². The molecule has 1 N–H and O–H groups in total. The fourth-order valence-corrected chi connectivity index (χ4v) is 2.73. The van der Waals surface area contributed by atoms with Crippen molar-refractivity contribution in [1.82, 2.24) is 15.1 Å². The van der Waals surface area contributed by atoms with E-state index in [0.29, 0.717) is 12.5 Å². The number of aromatic nitrogens is 2. The van der Waals surface area contributed by atoms with Crippen LogP contribution in [-0.2, 0) is 19.3 Å². The molecule has 0 aliphatic carbocycles. The number of halogens is 3. The Labute approximate surface area is 140 Å². The van der Waals surface area contributed by atoms with Crippen molar-refractivity contribution in [1.29, 1.82) is 0 Å². The maximum absolute atomic E-state index is 12.7. The molecule has 2 rings (SSSR count). The molecule has 0 aliphatic heterocycles. The van der Waals surface area contributed by atoms with Crippen molar-refractivity contribution in [2.24, 2.45) is 5.92 Å². The van der Waals surface area contributed by atoms with Crippen molar-refractivity contribution in [3.63, 3.8) is 0 Å². The Morgan fingerprint density at radius 2 is 1.75 bits per heavy atom. The lowest BCUT2D eigenvalue weighted by atomic mass is 10.0. The summed E-state index contributed by atoms with van der Waals surface area (Å²) in [6, 6.07) is 7.24. The van der Waals surface area contributed by atoms with E-state index in [9.17, 15) is 13.2 Å². The summed E-state index contributed by atoms with van der Waals surface area (Å²) in [5, 5.41) is 7.68. The minimum atomic E-state index is -4.31. The highest BCUT2D eigenvalue weighted by molar-refractivity contribution is 5.60. The summed E-state index contributed by atoms with van der Waals surface area (Å²) in [4.78, 5) is 0. The van der Waals surface area contributed by atoms with E-state index in [0.717, 1.165) is 48.5 Å². The second kappa shape index (κ2) is 7.83. The summed E-state index contributed by atoms with van der Waals surface area (Å²) in [6.07, 6.45) is -2.22. The minimum Gasteiger partial charge on any atom is -0.314 e. The summed E-state index contributed by atoms with van der Waals surface area (Å²) >= 11 is 0. The number of hydrogen-bond donors (Lipinski definition) is 1. The van der Waals surface area contributed by atoms with Gasteiger partial charge in [0.05, 0.1) is 17.0 Å². The van der Waals surface area contributed by atoms with Gasteiger partial charge in [-0.1, -0.05) is 38.8 Å². The number of nitrogens with one attached hydrogen (secondary N) is 1. The molecule has 0 aliphatic rings. The minimum absolute atomic E-state index is 0.500. The van der Waals surface area contributed by atoms with Crippen LogP contribution in [0.4, 0.5) is 13.2 Å². The average Bonchev–Trinajstić information content (AvgIpc) is 2.95. The summed E-state index contributed by atoms with van der Waals surface area (Å²) < 4.78 is 40.2. The molecule has 0 saturated carbocycles. The smallest absolute Gasteiger partial charge is 0.314 e. The lowest BCUT2D eigenvalue weighted by Gasteiger charge is -2.15. The van der Waals surface area contributed by atoms with Crippen molar-refractivity contribution >= 4 is 0 Å². The number of hydrogen-bond acceptors (Lipinski definition) is 2. The quantitative estimate of drug-likeness (QED) is 0.791. The number of nitrogens with zero attached hydrogens (tertiary/aromatic N) is 2. The molecule has 1 aromatic carbocycles. The highest BCUT2D eigenvalue weighted by atomic mass is 19.4. The fraction of sp³-hybridized carbons (Fsp3) is 0.500. The molecule has 6 heteroatoms. The molecule has 0 amide bonds. The summed E-state index contributed by atoms with van der Waals surface area (Å²) in [5.74, 6) is 0.500. The van der Waals surface area contributed by atoms with Gasteiger partial charge in [0.25, 0.3) is 0 Å². The Kier molecular flexibility index (Phi) is 6.04. The number of benzene rings is 1. The molecule has 3 nitrogen and oxygen atoms in total.